The molecule has 0 aliphatic rings. The lowest BCUT2D eigenvalue weighted by molar-refractivity contribution is 0.0883. The van der Waals surface area contributed by atoms with Crippen LogP contribution in [0.25, 0.3) is 0 Å². The van der Waals surface area contributed by atoms with Crippen LogP contribution in [-0.4, -0.2) is 6.61 Å². The van der Waals surface area contributed by atoms with Crippen LogP contribution in [-0.2, 0) is 11.3 Å². The molecular weight excluding hydrogens is 244 g/mol. The van der Waals surface area contributed by atoms with E-state index in [0.29, 0.717) is 5.92 Å². The molecular formula is C19H32O. The van der Waals surface area contributed by atoms with Crippen LogP contribution < -0.4 is 0 Å². The van der Waals surface area contributed by atoms with E-state index in [1.165, 1.54) is 44.1 Å². The summed E-state index contributed by atoms with van der Waals surface area (Å²) < 4.78 is 5.80. The number of rotatable bonds is 11. The average molecular weight is 276 g/mol. The Balaban J connectivity index is 2.01. The summed E-state index contributed by atoms with van der Waals surface area (Å²) in [6.45, 7) is 8.61. The maximum Gasteiger partial charge on any atom is 0.0717 e. The number of unbranched alkanes of at least 4 members (excludes halogenated alkanes) is 1. The topological polar surface area (TPSA) is 9.23 Å². The lowest BCUT2D eigenvalue weighted by Crippen LogP contribution is -2.07. The second-order valence-corrected chi connectivity index (χ2v) is 6.28. The molecule has 20 heavy (non-hydrogen) atoms. The molecule has 1 heteroatoms. The van der Waals surface area contributed by atoms with Gasteiger partial charge in [-0.2, -0.15) is 0 Å². The van der Waals surface area contributed by atoms with E-state index in [1.807, 2.05) is 6.07 Å². The lowest BCUT2D eigenvalue weighted by Gasteiger charge is -2.14. The van der Waals surface area contributed by atoms with E-state index in [9.17, 15) is 0 Å². The standard InChI is InChI=1S/C19H32O/c1-4-5-10-17(2)11-9-12-18(3)15-20-16-19-13-7-6-8-14-19/h6-8,13-14,17-18H,4-5,9-12,15-16H2,1-3H3/t17-,18-/m0/s1. The molecule has 0 heterocycles. The lowest BCUT2D eigenvalue weighted by atomic mass is 9.95. The summed E-state index contributed by atoms with van der Waals surface area (Å²) in [5, 5.41) is 0. The number of hydrogen-bond acceptors (Lipinski definition) is 1. The summed E-state index contributed by atoms with van der Waals surface area (Å²) in [6.07, 6.45) is 8.13. The van der Waals surface area contributed by atoms with Gasteiger partial charge in [0, 0.05) is 6.61 Å². The number of hydrogen-bond donors (Lipinski definition) is 0. The van der Waals surface area contributed by atoms with Gasteiger partial charge in [-0.15, -0.1) is 0 Å². The van der Waals surface area contributed by atoms with Gasteiger partial charge in [-0.25, -0.2) is 0 Å². The summed E-state index contributed by atoms with van der Waals surface area (Å²) in [4.78, 5) is 0. The van der Waals surface area contributed by atoms with Crippen LogP contribution in [0.5, 0.6) is 0 Å². The van der Waals surface area contributed by atoms with Gasteiger partial charge in [-0.05, 0) is 23.8 Å². The van der Waals surface area contributed by atoms with Crippen molar-refractivity contribution in [3.05, 3.63) is 35.9 Å². The van der Waals surface area contributed by atoms with Crippen molar-refractivity contribution in [3.63, 3.8) is 0 Å². The van der Waals surface area contributed by atoms with Crippen molar-refractivity contribution in [1.29, 1.82) is 0 Å². The molecule has 0 saturated heterocycles. The maximum atomic E-state index is 5.80. The Morgan fingerprint density at radius 2 is 1.55 bits per heavy atom. The Morgan fingerprint density at radius 3 is 2.25 bits per heavy atom. The highest BCUT2D eigenvalue weighted by Gasteiger charge is 2.05. The second kappa shape index (κ2) is 10.9. The van der Waals surface area contributed by atoms with Gasteiger partial charge in [-0.3, -0.25) is 0 Å². The van der Waals surface area contributed by atoms with Crippen LogP contribution in [0.1, 0.15) is 64.9 Å². The molecule has 0 aliphatic heterocycles. The van der Waals surface area contributed by atoms with E-state index in [-0.39, 0.29) is 0 Å². The molecule has 0 saturated carbocycles. The first kappa shape index (κ1) is 17.2. The molecule has 1 nitrogen and oxygen atoms in total. The molecule has 0 unspecified atom stereocenters. The van der Waals surface area contributed by atoms with Crippen LogP contribution in [0.4, 0.5) is 0 Å². The highest BCUT2D eigenvalue weighted by molar-refractivity contribution is 5.13. The molecule has 1 aromatic rings. The minimum absolute atomic E-state index is 0.678. The van der Waals surface area contributed by atoms with Crippen molar-refractivity contribution in [2.75, 3.05) is 6.61 Å². The Kier molecular flexibility index (Phi) is 9.40. The molecule has 2 atom stereocenters. The van der Waals surface area contributed by atoms with Gasteiger partial charge < -0.3 is 4.74 Å². The zero-order chi connectivity index (χ0) is 14.6. The molecule has 0 bridgehead atoms. The molecule has 0 N–H and O–H groups in total. The smallest absolute Gasteiger partial charge is 0.0717 e. The number of ether oxygens (including phenoxy) is 1. The summed E-state index contributed by atoms with van der Waals surface area (Å²) in [6, 6.07) is 10.4. The molecule has 0 radical (unpaired) electrons. The SMILES string of the molecule is CCCC[C@H](C)CCC[C@H](C)COCc1ccccc1. The predicted molar refractivity (Wildman–Crippen MR) is 87.8 cm³/mol. The fourth-order valence-corrected chi connectivity index (χ4v) is 2.55. The van der Waals surface area contributed by atoms with Gasteiger partial charge in [0.25, 0.3) is 0 Å². The van der Waals surface area contributed by atoms with E-state index in [2.05, 4.69) is 45.0 Å². The Hall–Kier alpha value is -0.820. The summed E-state index contributed by atoms with van der Waals surface area (Å²) in [5.74, 6) is 1.57. The molecule has 1 aromatic carbocycles. The fourth-order valence-electron chi connectivity index (χ4n) is 2.55. The van der Waals surface area contributed by atoms with E-state index < -0.39 is 0 Å². The zero-order valence-electron chi connectivity index (χ0n) is 13.6. The van der Waals surface area contributed by atoms with Crippen LogP contribution in [0, 0.1) is 11.8 Å². The minimum Gasteiger partial charge on any atom is -0.376 e. The highest BCUT2D eigenvalue weighted by atomic mass is 16.5. The molecule has 1 rings (SSSR count). The molecule has 114 valence electrons. The van der Waals surface area contributed by atoms with Crippen molar-refractivity contribution in [3.8, 4) is 0 Å². The molecule has 0 aliphatic carbocycles. The van der Waals surface area contributed by atoms with Crippen molar-refractivity contribution in [1.82, 2.24) is 0 Å². The predicted octanol–water partition coefficient (Wildman–Crippen LogP) is 5.84. The first-order chi connectivity index (χ1) is 9.72. The van der Waals surface area contributed by atoms with Gasteiger partial charge in [0.2, 0.25) is 0 Å². The van der Waals surface area contributed by atoms with Crippen LogP contribution in [0.15, 0.2) is 30.3 Å². The summed E-state index contributed by atoms with van der Waals surface area (Å²) >= 11 is 0. The average Bonchev–Trinajstić information content (AvgIpc) is 2.46. The molecule has 0 aromatic heterocycles. The summed E-state index contributed by atoms with van der Waals surface area (Å²) in [7, 11) is 0. The zero-order valence-corrected chi connectivity index (χ0v) is 13.6. The molecule has 0 amide bonds. The van der Waals surface area contributed by atoms with Crippen LogP contribution in [0.2, 0.25) is 0 Å². The largest absolute Gasteiger partial charge is 0.376 e. The van der Waals surface area contributed by atoms with Crippen LogP contribution in [0.3, 0.4) is 0 Å². The third-order valence-corrected chi connectivity index (χ3v) is 3.96. The Morgan fingerprint density at radius 1 is 0.900 bits per heavy atom. The fraction of sp³-hybridized carbons (Fsp3) is 0.684. The van der Waals surface area contributed by atoms with Crippen molar-refractivity contribution in [2.24, 2.45) is 11.8 Å². The monoisotopic (exact) mass is 276 g/mol. The van der Waals surface area contributed by atoms with Crippen molar-refractivity contribution in [2.45, 2.75) is 65.9 Å². The third-order valence-electron chi connectivity index (χ3n) is 3.96. The Bertz CT molecular complexity index is 320. The van der Waals surface area contributed by atoms with Gasteiger partial charge in [0.05, 0.1) is 6.61 Å². The molecule has 0 fully saturated rings. The second-order valence-electron chi connectivity index (χ2n) is 6.28. The maximum absolute atomic E-state index is 5.80. The first-order valence-corrected chi connectivity index (χ1v) is 8.34. The normalized spacial score (nSPS) is 14.2. The van der Waals surface area contributed by atoms with Crippen LogP contribution >= 0.6 is 0 Å². The van der Waals surface area contributed by atoms with Crippen molar-refractivity contribution >= 4 is 0 Å². The van der Waals surface area contributed by atoms with Crippen molar-refractivity contribution < 1.29 is 4.74 Å². The Labute approximate surface area is 125 Å². The first-order valence-electron chi connectivity index (χ1n) is 8.34. The van der Waals surface area contributed by atoms with Gasteiger partial charge in [-0.1, -0.05) is 83.2 Å². The van der Waals surface area contributed by atoms with Gasteiger partial charge in [0.15, 0.2) is 0 Å². The number of benzene rings is 1. The minimum atomic E-state index is 0.678. The highest BCUT2D eigenvalue weighted by Crippen LogP contribution is 2.18. The van der Waals surface area contributed by atoms with Gasteiger partial charge in [0.1, 0.15) is 0 Å². The molecule has 0 spiro atoms. The third kappa shape index (κ3) is 8.37. The van der Waals surface area contributed by atoms with Gasteiger partial charge >= 0.3 is 0 Å². The van der Waals surface area contributed by atoms with E-state index >= 15 is 0 Å². The summed E-state index contributed by atoms with van der Waals surface area (Å²) in [5.41, 5.74) is 1.27. The van der Waals surface area contributed by atoms with E-state index in [0.717, 1.165) is 19.1 Å². The van der Waals surface area contributed by atoms with E-state index in [1.54, 1.807) is 0 Å². The quantitative estimate of drug-likeness (QED) is 0.493. The van der Waals surface area contributed by atoms with E-state index in [4.69, 9.17) is 4.74 Å².